The minimum Gasteiger partial charge on any atom is -0.455 e. The molecule has 0 saturated carbocycles. The van der Waals surface area contributed by atoms with Gasteiger partial charge in [0.15, 0.2) is 0 Å². The van der Waals surface area contributed by atoms with Gasteiger partial charge in [0.05, 0.1) is 11.2 Å². The van der Waals surface area contributed by atoms with Gasteiger partial charge < -0.3 is 10.5 Å². The Morgan fingerprint density at radius 3 is 2.70 bits per heavy atom. The lowest BCUT2D eigenvalue weighted by atomic mass is 10.0. The summed E-state index contributed by atoms with van der Waals surface area (Å²) in [5, 5.41) is 1.14. The number of ether oxygens (including phenoxy) is 1. The molecule has 0 amide bonds. The molecule has 5 heteroatoms. The minimum absolute atomic E-state index is 0.0935. The second-order valence-corrected chi connectivity index (χ2v) is 5.44. The van der Waals surface area contributed by atoms with Crippen molar-refractivity contribution < 1.29 is 4.74 Å². The SMILES string of the molecule is CCC(N)Cc1ccc(Cl)cc1Oc1cncc(Cl)c1. The first-order valence-corrected chi connectivity index (χ1v) is 7.16. The highest BCUT2D eigenvalue weighted by atomic mass is 35.5. The van der Waals surface area contributed by atoms with E-state index < -0.39 is 0 Å². The Hall–Kier alpha value is -1.29. The Morgan fingerprint density at radius 1 is 1.20 bits per heavy atom. The molecule has 2 N–H and O–H groups in total. The molecule has 0 aliphatic heterocycles. The van der Waals surface area contributed by atoms with E-state index >= 15 is 0 Å². The Bertz CT molecular complexity index is 590. The molecule has 1 unspecified atom stereocenters. The molecule has 1 heterocycles. The van der Waals surface area contributed by atoms with Gasteiger partial charge in [0.1, 0.15) is 11.5 Å². The first kappa shape index (κ1) is 15.1. The zero-order valence-corrected chi connectivity index (χ0v) is 12.7. The van der Waals surface area contributed by atoms with E-state index in [1.807, 2.05) is 12.1 Å². The van der Waals surface area contributed by atoms with E-state index in [4.69, 9.17) is 33.7 Å². The summed E-state index contributed by atoms with van der Waals surface area (Å²) < 4.78 is 5.83. The molecule has 3 nitrogen and oxygen atoms in total. The summed E-state index contributed by atoms with van der Waals surface area (Å²) in [5.74, 6) is 1.26. The van der Waals surface area contributed by atoms with Crippen LogP contribution < -0.4 is 10.5 Å². The second kappa shape index (κ2) is 6.93. The number of pyridine rings is 1. The lowest BCUT2D eigenvalue weighted by molar-refractivity contribution is 0.470. The molecule has 0 saturated heterocycles. The van der Waals surface area contributed by atoms with Crippen LogP contribution in [0.15, 0.2) is 36.7 Å². The lowest BCUT2D eigenvalue weighted by Crippen LogP contribution is -2.21. The second-order valence-electron chi connectivity index (χ2n) is 4.57. The van der Waals surface area contributed by atoms with E-state index in [0.29, 0.717) is 21.5 Å². The highest BCUT2D eigenvalue weighted by Crippen LogP contribution is 2.30. The number of hydrogen-bond donors (Lipinski definition) is 1. The predicted octanol–water partition coefficient (Wildman–Crippen LogP) is 4.46. The molecule has 0 bridgehead atoms. The minimum atomic E-state index is 0.0935. The van der Waals surface area contributed by atoms with Crippen molar-refractivity contribution in [3.05, 3.63) is 52.3 Å². The lowest BCUT2D eigenvalue weighted by Gasteiger charge is -2.14. The molecule has 0 fully saturated rings. The molecule has 1 aromatic carbocycles. The van der Waals surface area contributed by atoms with Crippen molar-refractivity contribution >= 4 is 23.2 Å². The van der Waals surface area contributed by atoms with Gasteiger partial charge in [0.25, 0.3) is 0 Å². The molecular weight excluding hydrogens is 295 g/mol. The molecule has 1 aromatic heterocycles. The van der Waals surface area contributed by atoms with Crippen LogP contribution in [-0.4, -0.2) is 11.0 Å². The summed E-state index contributed by atoms with van der Waals surface area (Å²) in [5.41, 5.74) is 7.02. The van der Waals surface area contributed by atoms with Gasteiger partial charge in [0.2, 0.25) is 0 Å². The third kappa shape index (κ3) is 4.10. The summed E-state index contributed by atoms with van der Waals surface area (Å²) in [6.07, 6.45) is 4.80. The van der Waals surface area contributed by atoms with Crippen molar-refractivity contribution in [1.29, 1.82) is 0 Å². The van der Waals surface area contributed by atoms with Gasteiger partial charge in [0, 0.05) is 23.3 Å². The quantitative estimate of drug-likeness (QED) is 0.887. The molecule has 2 rings (SSSR count). The summed E-state index contributed by atoms with van der Waals surface area (Å²) >= 11 is 11.9. The maximum atomic E-state index is 6.03. The van der Waals surface area contributed by atoms with E-state index in [2.05, 4.69) is 11.9 Å². The number of nitrogens with zero attached hydrogens (tertiary/aromatic N) is 1. The Kier molecular flexibility index (Phi) is 5.24. The molecule has 0 aliphatic rings. The van der Waals surface area contributed by atoms with E-state index in [1.165, 1.54) is 0 Å². The van der Waals surface area contributed by atoms with Crippen LogP contribution in [0, 0.1) is 0 Å². The van der Waals surface area contributed by atoms with Gasteiger partial charge in [-0.1, -0.05) is 36.2 Å². The fourth-order valence-electron chi connectivity index (χ4n) is 1.79. The average molecular weight is 311 g/mol. The standard InChI is InChI=1S/C15H16Cl2N2O/c1-2-13(18)5-10-3-4-11(16)7-15(10)20-14-6-12(17)8-19-9-14/h3-4,6-9,13H,2,5,18H2,1H3. The van der Waals surface area contributed by atoms with Gasteiger partial charge in [-0.15, -0.1) is 0 Å². The van der Waals surface area contributed by atoms with Gasteiger partial charge in [-0.3, -0.25) is 4.98 Å². The summed E-state index contributed by atoms with van der Waals surface area (Å²) in [6, 6.07) is 7.35. The van der Waals surface area contributed by atoms with Gasteiger partial charge >= 0.3 is 0 Å². The summed E-state index contributed by atoms with van der Waals surface area (Å²) in [4.78, 5) is 3.99. The molecule has 106 valence electrons. The van der Waals surface area contributed by atoms with Gasteiger partial charge in [-0.2, -0.15) is 0 Å². The van der Waals surface area contributed by atoms with Crippen LogP contribution >= 0.6 is 23.2 Å². The topological polar surface area (TPSA) is 48.1 Å². The third-order valence-electron chi connectivity index (χ3n) is 2.94. The number of aromatic nitrogens is 1. The number of nitrogens with two attached hydrogens (primary N) is 1. The van der Waals surface area contributed by atoms with Crippen molar-refractivity contribution in [2.75, 3.05) is 0 Å². The number of benzene rings is 1. The summed E-state index contributed by atoms with van der Waals surface area (Å²) in [7, 11) is 0. The van der Waals surface area contributed by atoms with Crippen molar-refractivity contribution in [2.45, 2.75) is 25.8 Å². The zero-order valence-electron chi connectivity index (χ0n) is 11.1. The maximum absolute atomic E-state index is 6.03. The summed E-state index contributed by atoms with van der Waals surface area (Å²) in [6.45, 7) is 2.06. The number of rotatable bonds is 5. The van der Waals surface area contributed by atoms with Crippen LogP contribution in [0.5, 0.6) is 11.5 Å². The Morgan fingerprint density at radius 2 is 2.00 bits per heavy atom. The average Bonchev–Trinajstić information content (AvgIpc) is 2.41. The van der Waals surface area contributed by atoms with Gasteiger partial charge in [-0.05, 0) is 30.5 Å². The molecule has 0 spiro atoms. The van der Waals surface area contributed by atoms with Crippen LogP contribution in [0.25, 0.3) is 0 Å². The fraction of sp³-hybridized carbons (Fsp3) is 0.267. The van der Waals surface area contributed by atoms with E-state index in [0.717, 1.165) is 18.4 Å². The maximum Gasteiger partial charge on any atom is 0.147 e. The Balaban J connectivity index is 2.27. The molecule has 0 radical (unpaired) electrons. The smallest absolute Gasteiger partial charge is 0.147 e. The van der Waals surface area contributed by atoms with Crippen molar-refractivity contribution in [3.8, 4) is 11.5 Å². The number of halogens is 2. The largest absolute Gasteiger partial charge is 0.455 e. The molecule has 20 heavy (non-hydrogen) atoms. The number of hydrogen-bond acceptors (Lipinski definition) is 3. The fourth-order valence-corrected chi connectivity index (χ4v) is 2.12. The zero-order chi connectivity index (χ0) is 14.5. The van der Waals surface area contributed by atoms with Crippen LogP contribution in [0.1, 0.15) is 18.9 Å². The van der Waals surface area contributed by atoms with Gasteiger partial charge in [-0.25, -0.2) is 0 Å². The predicted molar refractivity (Wildman–Crippen MR) is 82.7 cm³/mol. The van der Waals surface area contributed by atoms with Crippen molar-refractivity contribution in [3.63, 3.8) is 0 Å². The van der Waals surface area contributed by atoms with Crippen LogP contribution in [-0.2, 0) is 6.42 Å². The first-order chi connectivity index (χ1) is 9.58. The highest BCUT2D eigenvalue weighted by molar-refractivity contribution is 6.31. The molecular formula is C15H16Cl2N2O. The van der Waals surface area contributed by atoms with E-state index in [1.54, 1.807) is 24.5 Å². The van der Waals surface area contributed by atoms with Crippen LogP contribution in [0.3, 0.4) is 0 Å². The molecule has 0 aliphatic carbocycles. The van der Waals surface area contributed by atoms with E-state index in [9.17, 15) is 0 Å². The highest BCUT2D eigenvalue weighted by Gasteiger charge is 2.10. The molecule has 2 aromatic rings. The van der Waals surface area contributed by atoms with Crippen molar-refractivity contribution in [2.24, 2.45) is 5.73 Å². The first-order valence-electron chi connectivity index (χ1n) is 6.41. The third-order valence-corrected chi connectivity index (χ3v) is 3.39. The van der Waals surface area contributed by atoms with Crippen LogP contribution in [0.2, 0.25) is 10.0 Å². The molecule has 1 atom stereocenters. The van der Waals surface area contributed by atoms with Crippen molar-refractivity contribution in [1.82, 2.24) is 4.98 Å². The van der Waals surface area contributed by atoms with Crippen LogP contribution in [0.4, 0.5) is 0 Å². The van der Waals surface area contributed by atoms with E-state index in [-0.39, 0.29) is 6.04 Å². The Labute approximate surface area is 128 Å². The monoisotopic (exact) mass is 310 g/mol. The normalized spacial score (nSPS) is 12.2.